The number of methoxy groups -OCH3 is 1. The summed E-state index contributed by atoms with van der Waals surface area (Å²) in [4.78, 5) is 12.4. The Morgan fingerprint density at radius 2 is 2.17 bits per heavy atom. The Bertz CT molecular complexity index is 432. The van der Waals surface area contributed by atoms with Gasteiger partial charge < -0.3 is 10.1 Å². The SMILES string of the molecule is CCC(CNC)C(=O)c1cc(Cl)c(OC)cc1C. The molecular formula is C14H20ClNO2. The molecule has 1 atom stereocenters. The normalized spacial score (nSPS) is 12.3. The van der Waals surface area contributed by atoms with Crippen LogP contribution in [-0.4, -0.2) is 26.5 Å². The van der Waals surface area contributed by atoms with Gasteiger partial charge in [-0.2, -0.15) is 0 Å². The molecule has 0 heterocycles. The van der Waals surface area contributed by atoms with Crippen molar-refractivity contribution < 1.29 is 9.53 Å². The van der Waals surface area contributed by atoms with E-state index >= 15 is 0 Å². The number of carbonyl (C=O) groups excluding carboxylic acids is 1. The van der Waals surface area contributed by atoms with Gasteiger partial charge in [0.2, 0.25) is 0 Å². The molecule has 100 valence electrons. The second-order valence-electron chi connectivity index (χ2n) is 4.33. The highest BCUT2D eigenvalue weighted by molar-refractivity contribution is 6.32. The fraction of sp³-hybridized carbons (Fsp3) is 0.500. The molecule has 18 heavy (non-hydrogen) atoms. The minimum Gasteiger partial charge on any atom is -0.495 e. The molecule has 4 heteroatoms. The van der Waals surface area contributed by atoms with Crippen LogP contribution in [-0.2, 0) is 0 Å². The quantitative estimate of drug-likeness (QED) is 0.807. The van der Waals surface area contributed by atoms with Gasteiger partial charge in [0.05, 0.1) is 12.1 Å². The average Bonchev–Trinajstić information content (AvgIpc) is 2.37. The first kappa shape index (κ1) is 15.0. The van der Waals surface area contributed by atoms with E-state index in [2.05, 4.69) is 5.32 Å². The molecular weight excluding hydrogens is 250 g/mol. The minimum atomic E-state index is -0.0156. The Kier molecular flexibility index (Phi) is 5.63. The molecule has 0 fully saturated rings. The maximum atomic E-state index is 12.4. The fourth-order valence-electron chi connectivity index (χ4n) is 1.97. The zero-order valence-electron chi connectivity index (χ0n) is 11.3. The van der Waals surface area contributed by atoms with Gasteiger partial charge in [0.15, 0.2) is 5.78 Å². The van der Waals surface area contributed by atoms with Gasteiger partial charge >= 0.3 is 0 Å². The van der Waals surface area contributed by atoms with Gasteiger partial charge in [0, 0.05) is 18.0 Å². The summed E-state index contributed by atoms with van der Waals surface area (Å²) < 4.78 is 5.14. The van der Waals surface area contributed by atoms with Crippen LogP contribution in [0.5, 0.6) is 5.75 Å². The second-order valence-corrected chi connectivity index (χ2v) is 4.74. The third-order valence-corrected chi connectivity index (χ3v) is 3.37. The maximum Gasteiger partial charge on any atom is 0.167 e. The van der Waals surface area contributed by atoms with Crippen LogP contribution in [0, 0.1) is 12.8 Å². The van der Waals surface area contributed by atoms with Crippen LogP contribution >= 0.6 is 11.6 Å². The summed E-state index contributed by atoms with van der Waals surface area (Å²) in [7, 11) is 3.42. The topological polar surface area (TPSA) is 38.3 Å². The molecule has 1 N–H and O–H groups in total. The molecule has 0 bridgehead atoms. The van der Waals surface area contributed by atoms with Gasteiger partial charge in [-0.3, -0.25) is 4.79 Å². The molecule has 3 nitrogen and oxygen atoms in total. The Hall–Kier alpha value is -1.06. The number of carbonyl (C=O) groups is 1. The second kappa shape index (κ2) is 6.76. The molecule has 0 aromatic heterocycles. The number of hydrogen-bond acceptors (Lipinski definition) is 3. The first-order valence-electron chi connectivity index (χ1n) is 6.08. The molecule has 0 amide bonds. The molecule has 0 aliphatic rings. The Morgan fingerprint density at radius 3 is 2.67 bits per heavy atom. The van der Waals surface area contributed by atoms with Gasteiger partial charge in [-0.15, -0.1) is 0 Å². The van der Waals surface area contributed by atoms with Gasteiger partial charge in [-0.1, -0.05) is 18.5 Å². The largest absolute Gasteiger partial charge is 0.495 e. The van der Waals surface area contributed by atoms with Crippen molar-refractivity contribution in [1.29, 1.82) is 0 Å². The van der Waals surface area contributed by atoms with Crippen molar-refractivity contribution in [2.24, 2.45) is 5.92 Å². The summed E-state index contributed by atoms with van der Waals surface area (Å²) in [5.41, 5.74) is 1.58. The lowest BCUT2D eigenvalue weighted by Gasteiger charge is -2.16. The fourth-order valence-corrected chi connectivity index (χ4v) is 2.21. The standard InChI is InChI=1S/C14H20ClNO2/c1-5-10(8-16-3)14(17)11-7-12(15)13(18-4)6-9(11)2/h6-7,10,16H,5,8H2,1-4H3. The predicted molar refractivity (Wildman–Crippen MR) is 74.8 cm³/mol. The van der Waals surface area contributed by atoms with Crippen LogP contribution in [0.3, 0.4) is 0 Å². The summed E-state index contributed by atoms with van der Waals surface area (Å²) >= 11 is 6.08. The monoisotopic (exact) mass is 269 g/mol. The number of ketones is 1. The van der Waals surface area contributed by atoms with Gasteiger partial charge in [-0.25, -0.2) is 0 Å². The highest BCUT2D eigenvalue weighted by Gasteiger charge is 2.20. The van der Waals surface area contributed by atoms with E-state index in [1.54, 1.807) is 13.2 Å². The van der Waals surface area contributed by atoms with E-state index in [-0.39, 0.29) is 11.7 Å². The average molecular weight is 270 g/mol. The first-order valence-corrected chi connectivity index (χ1v) is 6.45. The Labute approximate surface area is 113 Å². The molecule has 1 rings (SSSR count). The summed E-state index contributed by atoms with van der Waals surface area (Å²) in [6.07, 6.45) is 0.808. The highest BCUT2D eigenvalue weighted by Crippen LogP contribution is 2.29. The molecule has 1 unspecified atom stereocenters. The zero-order valence-corrected chi connectivity index (χ0v) is 12.1. The number of Topliss-reactive ketones (excluding diaryl/α,β-unsaturated/α-hetero) is 1. The smallest absolute Gasteiger partial charge is 0.167 e. The Balaban J connectivity index is 3.09. The molecule has 0 radical (unpaired) electrons. The number of halogens is 1. The van der Waals surface area contributed by atoms with Crippen LogP contribution in [0.2, 0.25) is 5.02 Å². The first-order chi connectivity index (χ1) is 8.54. The minimum absolute atomic E-state index is 0.0156. The lowest BCUT2D eigenvalue weighted by molar-refractivity contribution is 0.0916. The van der Waals surface area contributed by atoms with E-state index in [0.29, 0.717) is 22.9 Å². The molecule has 0 aliphatic carbocycles. The summed E-state index contributed by atoms with van der Waals surface area (Å²) in [6, 6.07) is 3.51. The molecule has 0 saturated carbocycles. The van der Waals surface area contributed by atoms with Crippen molar-refractivity contribution in [3.8, 4) is 5.75 Å². The Morgan fingerprint density at radius 1 is 1.50 bits per heavy atom. The number of nitrogens with one attached hydrogen (secondary N) is 1. The number of rotatable bonds is 6. The number of hydrogen-bond donors (Lipinski definition) is 1. The van der Waals surface area contributed by atoms with Crippen molar-refractivity contribution in [2.75, 3.05) is 20.7 Å². The lowest BCUT2D eigenvalue weighted by atomic mass is 9.92. The van der Waals surface area contributed by atoms with Gasteiger partial charge in [0.25, 0.3) is 0 Å². The number of benzene rings is 1. The van der Waals surface area contributed by atoms with Crippen LogP contribution in [0.15, 0.2) is 12.1 Å². The molecule has 0 spiro atoms. The van der Waals surface area contributed by atoms with E-state index < -0.39 is 0 Å². The van der Waals surface area contributed by atoms with Crippen LogP contribution in [0.25, 0.3) is 0 Å². The zero-order chi connectivity index (χ0) is 13.7. The van der Waals surface area contributed by atoms with Gasteiger partial charge in [0.1, 0.15) is 5.75 Å². The molecule has 1 aromatic rings. The van der Waals surface area contributed by atoms with Crippen molar-refractivity contribution in [1.82, 2.24) is 5.32 Å². The van der Waals surface area contributed by atoms with Crippen molar-refractivity contribution in [3.63, 3.8) is 0 Å². The molecule has 1 aromatic carbocycles. The highest BCUT2D eigenvalue weighted by atomic mass is 35.5. The third kappa shape index (κ3) is 3.24. The van der Waals surface area contributed by atoms with Crippen LogP contribution in [0.4, 0.5) is 0 Å². The lowest BCUT2D eigenvalue weighted by Crippen LogP contribution is -2.26. The third-order valence-electron chi connectivity index (χ3n) is 3.08. The van der Waals surface area contributed by atoms with E-state index in [4.69, 9.17) is 16.3 Å². The molecule has 0 saturated heterocycles. The number of aryl methyl sites for hydroxylation is 1. The van der Waals surface area contributed by atoms with Crippen LogP contribution < -0.4 is 10.1 Å². The van der Waals surface area contributed by atoms with Crippen molar-refractivity contribution in [3.05, 3.63) is 28.3 Å². The van der Waals surface area contributed by atoms with Crippen molar-refractivity contribution >= 4 is 17.4 Å². The van der Waals surface area contributed by atoms with Gasteiger partial charge in [-0.05, 0) is 38.1 Å². The van der Waals surface area contributed by atoms with E-state index in [9.17, 15) is 4.79 Å². The predicted octanol–water partition coefficient (Wildman–Crippen LogP) is 3.09. The van der Waals surface area contributed by atoms with E-state index in [1.807, 2.05) is 27.0 Å². The number of ether oxygens (including phenoxy) is 1. The summed E-state index contributed by atoms with van der Waals surface area (Å²) in [5, 5.41) is 3.53. The summed E-state index contributed by atoms with van der Waals surface area (Å²) in [5.74, 6) is 0.722. The maximum absolute atomic E-state index is 12.4. The van der Waals surface area contributed by atoms with Crippen molar-refractivity contribution in [2.45, 2.75) is 20.3 Å². The van der Waals surface area contributed by atoms with E-state index in [1.165, 1.54) is 0 Å². The van der Waals surface area contributed by atoms with Crippen LogP contribution in [0.1, 0.15) is 29.3 Å². The van der Waals surface area contributed by atoms with E-state index in [0.717, 1.165) is 12.0 Å². The summed E-state index contributed by atoms with van der Waals surface area (Å²) in [6.45, 7) is 4.59. The molecule has 0 aliphatic heterocycles.